The topological polar surface area (TPSA) is 34.0 Å². The minimum atomic E-state index is -0.269. The van der Waals surface area contributed by atoms with E-state index < -0.39 is 0 Å². The Labute approximate surface area is 221 Å². The SMILES string of the molecule is CC1(C)CC(=O)C2=C(C1)c1c(ccc3ccccc13)N[C@H]2c1cn(Cc2ccccc2F)c2ccccc12. The molecule has 1 atom stereocenters. The van der Waals surface area contributed by atoms with E-state index in [0.717, 1.165) is 45.3 Å². The monoisotopic (exact) mass is 500 g/mol. The highest BCUT2D eigenvalue weighted by atomic mass is 19.1. The van der Waals surface area contributed by atoms with Gasteiger partial charge in [0.25, 0.3) is 0 Å². The smallest absolute Gasteiger partial charge is 0.162 e. The van der Waals surface area contributed by atoms with Crippen LogP contribution in [0.2, 0.25) is 0 Å². The molecule has 7 rings (SSSR count). The Kier molecular flexibility index (Phi) is 5.09. The summed E-state index contributed by atoms with van der Waals surface area (Å²) < 4.78 is 16.7. The molecule has 0 amide bonds. The molecule has 0 radical (unpaired) electrons. The molecule has 2 aliphatic rings. The molecule has 2 heterocycles. The Morgan fingerprint density at radius 3 is 2.47 bits per heavy atom. The molecule has 1 aliphatic heterocycles. The van der Waals surface area contributed by atoms with Crippen LogP contribution in [0.1, 0.15) is 49.4 Å². The maximum Gasteiger partial charge on any atom is 0.162 e. The molecule has 0 bridgehead atoms. The van der Waals surface area contributed by atoms with Gasteiger partial charge in [0, 0.05) is 51.5 Å². The molecule has 4 aromatic carbocycles. The number of nitrogens with zero attached hydrogens (tertiary/aromatic N) is 1. The fraction of sp³-hybridized carbons (Fsp3) is 0.206. The first kappa shape index (κ1) is 23.0. The van der Waals surface area contributed by atoms with Gasteiger partial charge in [-0.2, -0.15) is 0 Å². The van der Waals surface area contributed by atoms with E-state index in [9.17, 15) is 9.18 Å². The van der Waals surface area contributed by atoms with E-state index in [2.05, 4.69) is 78.5 Å². The Balaban J connectivity index is 1.45. The molecule has 0 saturated heterocycles. The highest BCUT2D eigenvalue weighted by molar-refractivity contribution is 6.13. The minimum absolute atomic E-state index is 0.106. The number of ketones is 1. The molecule has 0 spiro atoms. The van der Waals surface area contributed by atoms with Gasteiger partial charge in [-0.25, -0.2) is 4.39 Å². The molecule has 188 valence electrons. The van der Waals surface area contributed by atoms with Crippen LogP contribution in [0.3, 0.4) is 0 Å². The van der Waals surface area contributed by atoms with Gasteiger partial charge in [-0.15, -0.1) is 0 Å². The third-order valence-corrected chi connectivity index (χ3v) is 8.17. The molecule has 0 saturated carbocycles. The van der Waals surface area contributed by atoms with E-state index in [1.54, 1.807) is 6.07 Å². The van der Waals surface area contributed by atoms with E-state index in [-0.39, 0.29) is 23.1 Å². The molecule has 5 aromatic rings. The van der Waals surface area contributed by atoms with Crippen molar-refractivity contribution in [2.75, 3.05) is 5.32 Å². The van der Waals surface area contributed by atoms with Gasteiger partial charge in [-0.3, -0.25) is 4.79 Å². The first-order valence-corrected chi connectivity index (χ1v) is 13.3. The van der Waals surface area contributed by atoms with Gasteiger partial charge in [0.05, 0.1) is 12.6 Å². The molecular weight excluding hydrogens is 471 g/mol. The number of rotatable bonds is 3. The first-order chi connectivity index (χ1) is 18.4. The van der Waals surface area contributed by atoms with Crippen molar-refractivity contribution in [2.24, 2.45) is 5.41 Å². The zero-order valence-electron chi connectivity index (χ0n) is 21.6. The normalized spacial score (nSPS) is 18.4. The van der Waals surface area contributed by atoms with Crippen molar-refractivity contribution in [1.82, 2.24) is 4.57 Å². The third-order valence-electron chi connectivity index (χ3n) is 8.17. The number of nitrogens with one attached hydrogen (secondary N) is 1. The largest absolute Gasteiger partial charge is 0.373 e. The summed E-state index contributed by atoms with van der Waals surface area (Å²) in [6.45, 7) is 4.81. The molecule has 1 aliphatic carbocycles. The van der Waals surface area contributed by atoms with Crippen molar-refractivity contribution < 1.29 is 9.18 Å². The summed E-state index contributed by atoms with van der Waals surface area (Å²) in [4.78, 5) is 13.9. The van der Waals surface area contributed by atoms with Crippen molar-refractivity contribution in [3.05, 3.63) is 119 Å². The van der Waals surface area contributed by atoms with Crippen LogP contribution in [-0.4, -0.2) is 10.4 Å². The number of aromatic nitrogens is 1. The zero-order valence-corrected chi connectivity index (χ0v) is 21.6. The van der Waals surface area contributed by atoms with Crippen molar-refractivity contribution in [3.8, 4) is 0 Å². The van der Waals surface area contributed by atoms with Crippen LogP contribution in [0.15, 0.2) is 96.7 Å². The fourth-order valence-electron chi connectivity index (χ4n) is 6.52. The van der Waals surface area contributed by atoms with Crippen molar-refractivity contribution >= 4 is 38.7 Å². The summed E-state index contributed by atoms with van der Waals surface area (Å²) in [5.74, 6) is -0.00335. The lowest BCUT2D eigenvalue weighted by atomic mass is 9.68. The van der Waals surface area contributed by atoms with Crippen LogP contribution in [0.5, 0.6) is 0 Å². The second-order valence-corrected chi connectivity index (χ2v) is 11.4. The van der Waals surface area contributed by atoms with E-state index in [1.165, 1.54) is 16.8 Å². The second-order valence-electron chi connectivity index (χ2n) is 11.4. The molecule has 1 N–H and O–H groups in total. The number of hydrogen-bond donors (Lipinski definition) is 1. The van der Waals surface area contributed by atoms with Crippen LogP contribution in [0, 0.1) is 11.2 Å². The maximum atomic E-state index is 14.6. The first-order valence-electron chi connectivity index (χ1n) is 13.3. The quantitative estimate of drug-likeness (QED) is 0.270. The Hall–Kier alpha value is -4.18. The molecule has 1 aromatic heterocycles. The average molecular weight is 501 g/mol. The van der Waals surface area contributed by atoms with E-state index >= 15 is 0 Å². The summed E-state index contributed by atoms with van der Waals surface area (Å²) in [5, 5.41) is 7.21. The number of carbonyl (C=O) groups excluding carboxylic acids is 1. The number of hydrogen-bond acceptors (Lipinski definition) is 2. The molecule has 0 fully saturated rings. The van der Waals surface area contributed by atoms with Crippen LogP contribution < -0.4 is 5.32 Å². The number of halogens is 1. The number of benzene rings is 4. The van der Waals surface area contributed by atoms with Gasteiger partial charge in [0.1, 0.15) is 5.82 Å². The summed E-state index contributed by atoms with van der Waals surface area (Å²) in [5.41, 5.74) is 6.87. The molecule has 4 heteroatoms. The maximum absolute atomic E-state index is 14.6. The highest BCUT2D eigenvalue weighted by Crippen LogP contribution is 2.52. The third kappa shape index (κ3) is 3.59. The number of Topliss-reactive ketones (excluding diaryl/α,β-unsaturated/α-hetero) is 1. The van der Waals surface area contributed by atoms with Crippen LogP contribution in [0.25, 0.3) is 27.2 Å². The van der Waals surface area contributed by atoms with Crippen molar-refractivity contribution in [3.63, 3.8) is 0 Å². The van der Waals surface area contributed by atoms with E-state index in [1.807, 2.05) is 24.3 Å². The van der Waals surface area contributed by atoms with Gasteiger partial charge in [0.15, 0.2) is 5.78 Å². The Bertz CT molecular complexity index is 1790. The lowest BCUT2D eigenvalue weighted by molar-refractivity contribution is -0.118. The fourth-order valence-corrected chi connectivity index (χ4v) is 6.52. The van der Waals surface area contributed by atoms with Gasteiger partial charge >= 0.3 is 0 Å². The van der Waals surface area contributed by atoms with Gasteiger partial charge in [-0.1, -0.05) is 80.6 Å². The predicted octanol–water partition coefficient (Wildman–Crippen LogP) is 8.29. The average Bonchev–Trinajstić information content (AvgIpc) is 3.26. The van der Waals surface area contributed by atoms with E-state index in [0.29, 0.717) is 18.5 Å². The lowest BCUT2D eigenvalue weighted by Crippen LogP contribution is -2.33. The Morgan fingerprint density at radius 1 is 0.895 bits per heavy atom. The highest BCUT2D eigenvalue weighted by Gasteiger charge is 2.41. The molecule has 0 unspecified atom stereocenters. The van der Waals surface area contributed by atoms with Crippen molar-refractivity contribution in [1.29, 1.82) is 0 Å². The molecular formula is C34H29FN2O. The molecule has 3 nitrogen and oxygen atoms in total. The lowest BCUT2D eigenvalue weighted by Gasteiger charge is -2.40. The van der Waals surface area contributed by atoms with Gasteiger partial charge in [0.2, 0.25) is 0 Å². The van der Waals surface area contributed by atoms with Gasteiger partial charge < -0.3 is 9.88 Å². The van der Waals surface area contributed by atoms with Crippen molar-refractivity contribution in [2.45, 2.75) is 39.3 Å². The summed E-state index contributed by atoms with van der Waals surface area (Å²) in [6, 6.07) is 27.6. The van der Waals surface area contributed by atoms with Crippen LogP contribution in [-0.2, 0) is 11.3 Å². The Morgan fingerprint density at radius 2 is 1.63 bits per heavy atom. The van der Waals surface area contributed by atoms with Crippen LogP contribution in [0.4, 0.5) is 10.1 Å². The second kappa shape index (κ2) is 8.42. The van der Waals surface area contributed by atoms with Crippen LogP contribution >= 0.6 is 0 Å². The van der Waals surface area contributed by atoms with E-state index in [4.69, 9.17) is 0 Å². The number of anilines is 1. The number of para-hydroxylation sites is 1. The number of allylic oxidation sites excluding steroid dienone is 1. The summed E-state index contributed by atoms with van der Waals surface area (Å²) in [6.07, 6.45) is 3.48. The summed E-state index contributed by atoms with van der Waals surface area (Å²) in [7, 11) is 0. The standard InChI is InChI=1S/C34H29FN2O/c1-34(2)17-25-31-23-11-5-3-9-21(23)15-16-28(31)36-33(32(25)30(38)18-34)26-20-37(29-14-8-6-12-24(26)29)19-22-10-4-7-13-27(22)35/h3-16,20,33,36H,17-19H2,1-2H3/t33-/m0/s1. The van der Waals surface area contributed by atoms with Gasteiger partial charge in [-0.05, 0) is 46.4 Å². The zero-order chi connectivity index (χ0) is 26.0. The number of carbonyl (C=O) groups is 1. The minimum Gasteiger partial charge on any atom is -0.373 e. The predicted molar refractivity (Wildman–Crippen MR) is 153 cm³/mol. The number of fused-ring (bicyclic) bond motifs is 5. The summed E-state index contributed by atoms with van der Waals surface area (Å²) >= 11 is 0. The molecule has 38 heavy (non-hydrogen) atoms.